The van der Waals surface area contributed by atoms with E-state index in [0.29, 0.717) is 29.7 Å². The van der Waals surface area contributed by atoms with Crippen LogP contribution < -0.4 is 11.1 Å². The number of aromatic nitrogens is 3. The fraction of sp³-hybridized carbons (Fsp3) is 0.350. The van der Waals surface area contributed by atoms with E-state index in [0.717, 1.165) is 31.7 Å². The Morgan fingerprint density at radius 1 is 1.15 bits per heavy atom. The van der Waals surface area contributed by atoms with Crippen molar-refractivity contribution in [3.63, 3.8) is 0 Å². The summed E-state index contributed by atoms with van der Waals surface area (Å²) in [5.74, 6) is 0.871. The van der Waals surface area contributed by atoms with Crippen molar-refractivity contribution < 1.29 is 4.39 Å². The summed E-state index contributed by atoms with van der Waals surface area (Å²) in [6, 6.07) is 9.56. The number of nitrogens with one attached hydrogen (secondary N) is 1. The lowest BCUT2D eigenvalue weighted by atomic mass is 9.83. The monoisotopic (exact) mass is 366 g/mol. The molecule has 0 saturated carbocycles. The summed E-state index contributed by atoms with van der Waals surface area (Å²) in [4.78, 5) is 34.0. The van der Waals surface area contributed by atoms with Crippen LogP contribution in [0.1, 0.15) is 23.9 Å². The largest absolute Gasteiger partial charge is 0.312 e. The van der Waals surface area contributed by atoms with Gasteiger partial charge >= 0.3 is 0 Å². The number of piperidine rings is 1. The van der Waals surface area contributed by atoms with Crippen LogP contribution in [0.4, 0.5) is 4.39 Å². The van der Waals surface area contributed by atoms with Gasteiger partial charge in [0.2, 0.25) is 0 Å². The highest BCUT2D eigenvalue weighted by molar-refractivity contribution is 5.77. The van der Waals surface area contributed by atoms with Gasteiger partial charge in [0.15, 0.2) is 0 Å². The average molecular weight is 366 g/mol. The molecule has 0 amide bonds. The van der Waals surface area contributed by atoms with Crippen molar-refractivity contribution in [1.29, 1.82) is 0 Å². The quantitative estimate of drug-likeness (QED) is 0.751. The highest BCUT2D eigenvalue weighted by Crippen LogP contribution is 2.35. The van der Waals surface area contributed by atoms with E-state index in [9.17, 15) is 14.0 Å². The highest BCUT2D eigenvalue weighted by Gasteiger charge is 2.34. The van der Waals surface area contributed by atoms with E-state index >= 15 is 0 Å². The number of aromatic amines is 1. The van der Waals surface area contributed by atoms with Crippen molar-refractivity contribution in [3.05, 3.63) is 74.4 Å². The maximum absolute atomic E-state index is 13.4. The van der Waals surface area contributed by atoms with Crippen LogP contribution in [0.3, 0.4) is 0 Å². The molecule has 4 heterocycles. The maximum Gasteiger partial charge on any atom is 0.258 e. The molecule has 2 aliphatic rings. The highest BCUT2D eigenvalue weighted by atomic mass is 19.1. The molecule has 0 spiro atoms. The average Bonchev–Trinajstić information content (AvgIpc) is 2.63. The van der Waals surface area contributed by atoms with Gasteiger partial charge in [-0.15, -0.1) is 0 Å². The first kappa shape index (κ1) is 16.4. The smallest absolute Gasteiger partial charge is 0.258 e. The topological polar surface area (TPSA) is 71.0 Å². The van der Waals surface area contributed by atoms with E-state index in [-0.39, 0.29) is 16.5 Å². The SMILES string of the molecule is O=c1[nH]c(CN2C[C@@H]3C[C@H](C2)c2cccc(=O)n2C3)nc2ccc(F)cc12. The number of rotatable bonds is 2. The summed E-state index contributed by atoms with van der Waals surface area (Å²) in [5.41, 5.74) is 1.36. The first-order chi connectivity index (χ1) is 13.1. The van der Waals surface area contributed by atoms with Crippen molar-refractivity contribution >= 4 is 10.9 Å². The van der Waals surface area contributed by atoms with E-state index in [1.807, 2.05) is 16.7 Å². The summed E-state index contributed by atoms with van der Waals surface area (Å²) in [7, 11) is 0. The van der Waals surface area contributed by atoms with Crippen molar-refractivity contribution in [3.8, 4) is 0 Å². The first-order valence-electron chi connectivity index (χ1n) is 9.17. The predicted molar refractivity (Wildman–Crippen MR) is 99.1 cm³/mol. The van der Waals surface area contributed by atoms with Crippen LogP contribution in [0.2, 0.25) is 0 Å². The standard InChI is InChI=1S/C20H19FN4O2/c21-14-4-5-16-15(7-14)20(27)23-18(22-16)11-24-8-12-6-13(10-24)17-2-1-3-19(26)25(17)9-12/h1-5,7,12-13H,6,8-11H2,(H,22,23,27)/t12-,13+/m0/s1. The number of nitrogens with zero attached hydrogens (tertiary/aromatic N) is 3. The molecule has 1 N–H and O–H groups in total. The third-order valence-electron chi connectivity index (χ3n) is 5.65. The molecule has 1 saturated heterocycles. The Morgan fingerprint density at radius 3 is 2.93 bits per heavy atom. The third kappa shape index (κ3) is 2.88. The van der Waals surface area contributed by atoms with E-state index in [4.69, 9.17) is 0 Å². The summed E-state index contributed by atoms with van der Waals surface area (Å²) in [5, 5.41) is 0.266. The number of H-pyrrole nitrogens is 1. The Labute approximate surface area is 154 Å². The fourth-order valence-electron chi connectivity index (χ4n) is 4.57. The predicted octanol–water partition coefficient (Wildman–Crippen LogP) is 1.84. The van der Waals surface area contributed by atoms with Gasteiger partial charge in [0.05, 0.1) is 17.4 Å². The van der Waals surface area contributed by atoms with Crippen molar-refractivity contribution in [2.75, 3.05) is 13.1 Å². The Kier molecular flexibility index (Phi) is 3.72. The molecular weight excluding hydrogens is 347 g/mol. The van der Waals surface area contributed by atoms with Gasteiger partial charge in [-0.25, -0.2) is 9.37 Å². The molecule has 2 bridgehead atoms. The molecule has 5 rings (SSSR count). The number of pyridine rings is 1. The Hall–Kier alpha value is -2.80. The summed E-state index contributed by atoms with van der Waals surface area (Å²) in [6.45, 7) is 2.96. The molecule has 27 heavy (non-hydrogen) atoms. The zero-order chi connectivity index (χ0) is 18.5. The minimum atomic E-state index is -0.444. The van der Waals surface area contributed by atoms with E-state index in [1.165, 1.54) is 18.2 Å². The minimum absolute atomic E-state index is 0.0726. The molecule has 138 valence electrons. The summed E-state index contributed by atoms with van der Waals surface area (Å²) < 4.78 is 15.3. The zero-order valence-corrected chi connectivity index (χ0v) is 14.7. The molecule has 2 aliphatic heterocycles. The van der Waals surface area contributed by atoms with Gasteiger partial charge < -0.3 is 9.55 Å². The van der Waals surface area contributed by atoms with Crippen LogP contribution in [0.5, 0.6) is 0 Å². The molecule has 7 heteroatoms. The van der Waals surface area contributed by atoms with Crippen LogP contribution >= 0.6 is 0 Å². The normalized spacial score (nSPS) is 22.0. The molecule has 0 unspecified atom stereocenters. The molecule has 1 fully saturated rings. The molecular formula is C20H19FN4O2. The van der Waals surface area contributed by atoms with Gasteiger partial charge in [0.25, 0.3) is 11.1 Å². The van der Waals surface area contributed by atoms with Crippen LogP contribution in [0.15, 0.2) is 46.0 Å². The van der Waals surface area contributed by atoms with Crippen LogP contribution in [0, 0.1) is 11.7 Å². The maximum atomic E-state index is 13.4. The molecule has 3 aromatic rings. The van der Waals surface area contributed by atoms with Gasteiger partial charge in [0.1, 0.15) is 11.6 Å². The Balaban J connectivity index is 1.43. The molecule has 6 nitrogen and oxygen atoms in total. The number of halogens is 1. The Bertz CT molecular complexity index is 1150. The first-order valence-corrected chi connectivity index (χ1v) is 9.17. The Morgan fingerprint density at radius 2 is 2.04 bits per heavy atom. The molecule has 2 aromatic heterocycles. The lowest BCUT2D eigenvalue weighted by Gasteiger charge is -2.42. The molecule has 0 aliphatic carbocycles. The number of benzene rings is 1. The van der Waals surface area contributed by atoms with Gasteiger partial charge in [-0.2, -0.15) is 0 Å². The van der Waals surface area contributed by atoms with E-state index < -0.39 is 5.82 Å². The van der Waals surface area contributed by atoms with Gasteiger partial charge in [-0.3, -0.25) is 14.5 Å². The molecule has 1 aromatic carbocycles. The van der Waals surface area contributed by atoms with E-state index in [2.05, 4.69) is 14.9 Å². The lowest BCUT2D eigenvalue weighted by Crippen LogP contribution is -2.46. The van der Waals surface area contributed by atoms with Gasteiger partial charge in [0, 0.05) is 37.3 Å². The van der Waals surface area contributed by atoms with E-state index in [1.54, 1.807) is 6.07 Å². The molecule has 0 radical (unpaired) electrons. The number of fused-ring (bicyclic) bond motifs is 5. The number of likely N-dealkylation sites (tertiary alicyclic amines) is 1. The zero-order valence-electron chi connectivity index (χ0n) is 14.7. The number of hydrogen-bond acceptors (Lipinski definition) is 4. The minimum Gasteiger partial charge on any atom is -0.312 e. The second-order valence-corrected chi connectivity index (χ2v) is 7.57. The third-order valence-corrected chi connectivity index (χ3v) is 5.65. The van der Waals surface area contributed by atoms with Gasteiger partial charge in [-0.05, 0) is 36.6 Å². The second kappa shape index (κ2) is 6.13. The summed E-state index contributed by atoms with van der Waals surface area (Å²) >= 11 is 0. The van der Waals surface area contributed by atoms with Crippen LogP contribution in [-0.2, 0) is 13.1 Å². The van der Waals surface area contributed by atoms with Gasteiger partial charge in [-0.1, -0.05) is 6.07 Å². The van der Waals surface area contributed by atoms with Crippen molar-refractivity contribution in [1.82, 2.24) is 19.4 Å². The van der Waals surface area contributed by atoms with Crippen LogP contribution in [0.25, 0.3) is 10.9 Å². The number of hydrogen-bond donors (Lipinski definition) is 1. The fourth-order valence-corrected chi connectivity index (χ4v) is 4.57. The van der Waals surface area contributed by atoms with Crippen molar-refractivity contribution in [2.45, 2.75) is 25.4 Å². The molecule has 2 atom stereocenters. The second-order valence-electron chi connectivity index (χ2n) is 7.57. The lowest BCUT2D eigenvalue weighted by molar-refractivity contribution is 0.112. The van der Waals surface area contributed by atoms with Crippen LogP contribution in [-0.4, -0.2) is 32.5 Å². The van der Waals surface area contributed by atoms with Crippen molar-refractivity contribution in [2.24, 2.45) is 5.92 Å². The summed E-state index contributed by atoms with van der Waals surface area (Å²) in [6.07, 6.45) is 1.08.